The number of aliphatic hydroxyl groups is 1. The van der Waals surface area contributed by atoms with Gasteiger partial charge in [-0.1, -0.05) is 150 Å². The third kappa shape index (κ3) is 12.8. The number of carbonyl (C=O) groups is 2. The molecule has 0 saturated heterocycles. The molecule has 0 radical (unpaired) electrons. The molecule has 0 spiro atoms. The van der Waals surface area contributed by atoms with Gasteiger partial charge in [0, 0.05) is 31.2 Å². The quantitative estimate of drug-likeness (QED) is 0.125. The Hall–Kier alpha value is -3.67. The van der Waals surface area contributed by atoms with E-state index < -0.39 is 17.2 Å². The highest BCUT2D eigenvalue weighted by Gasteiger charge is 2.47. The van der Waals surface area contributed by atoms with Crippen molar-refractivity contribution in [3.8, 4) is 11.8 Å². The summed E-state index contributed by atoms with van der Waals surface area (Å²) >= 11 is 0. The molecule has 0 amide bonds. The van der Waals surface area contributed by atoms with Crippen molar-refractivity contribution in [3.63, 3.8) is 0 Å². The summed E-state index contributed by atoms with van der Waals surface area (Å²) in [5, 5.41) is 11.4. The first-order valence-electron chi connectivity index (χ1n) is 18.7. The highest BCUT2D eigenvalue weighted by Crippen LogP contribution is 2.41. The van der Waals surface area contributed by atoms with E-state index in [1.165, 1.54) is 5.56 Å². The van der Waals surface area contributed by atoms with Gasteiger partial charge < -0.3 is 19.5 Å². The molecule has 1 unspecified atom stereocenters. The minimum atomic E-state index is -1.58. The molecule has 284 valence electrons. The van der Waals surface area contributed by atoms with Gasteiger partial charge in [0.1, 0.15) is 5.60 Å². The van der Waals surface area contributed by atoms with Crippen molar-refractivity contribution >= 4 is 24.3 Å². The van der Waals surface area contributed by atoms with Gasteiger partial charge in [-0.05, 0) is 56.7 Å². The highest BCUT2D eigenvalue weighted by molar-refractivity contribution is 5.85. The summed E-state index contributed by atoms with van der Waals surface area (Å²) < 4.78 is 11.6. The molecule has 0 heterocycles. The molecule has 1 saturated carbocycles. The molecule has 4 rings (SSSR count). The first kappa shape index (κ1) is 44.5. The van der Waals surface area contributed by atoms with Gasteiger partial charge in [-0.2, -0.15) is 0 Å². The van der Waals surface area contributed by atoms with Gasteiger partial charge >= 0.3 is 11.9 Å². The Morgan fingerprint density at radius 1 is 0.827 bits per heavy atom. The predicted molar refractivity (Wildman–Crippen MR) is 213 cm³/mol. The molecule has 0 bridgehead atoms. The van der Waals surface area contributed by atoms with E-state index in [4.69, 9.17) is 9.47 Å². The van der Waals surface area contributed by atoms with Crippen molar-refractivity contribution in [2.24, 2.45) is 11.8 Å². The van der Waals surface area contributed by atoms with Crippen LogP contribution < -0.4 is 0 Å². The lowest BCUT2D eigenvalue weighted by Crippen LogP contribution is -2.45. The number of benzene rings is 3. The van der Waals surface area contributed by atoms with E-state index >= 15 is 0 Å². The first-order valence-corrected chi connectivity index (χ1v) is 18.7. The van der Waals surface area contributed by atoms with Gasteiger partial charge in [0.2, 0.25) is 0 Å². The molecule has 0 aromatic heterocycles. The third-order valence-electron chi connectivity index (χ3n) is 9.91. The molecule has 8 heteroatoms. The summed E-state index contributed by atoms with van der Waals surface area (Å²) in [4.78, 5) is 29.5. The van der Waals surface area contributed by atoms with Crippen LogP contribution in [0.4, 0.5) is 0 Å². The van der Waals surface area contributed by atoms with Crippen LogP contribution in [0.15, 0.2) is 91.0 Å². The Morgan fingerprint density at radius 2 is 1.37 bits per heavy atom. The average molecular weight is 733 g/mol. The smallest absolute Gasteiger partial charge is 0.344 e. The normalized spacial score (nSPS) is 15.7. The molecule has 3 aromatic carbocycles. The number of halogens is 1. The van der Waals surface area contributed by atoms with Crippen LogP contribution in [0.1, 0.15) is 82.9 Å². The number of nitrogens with zero attached hydrogens (tertiary/aromatic N) is 2. The van der Waals surface area contributed by atoms with Crippen molar-refractivity contribution in [1.82, 2.24) is 9.80 Å². The third-order valence-corrected chi connectivity index (χ3v) is 9.91. The fourth-order valence-electron chi connectivity index (χ4n) is 6.96. The Kier molecular flexibility index (Phi) is 19.8. The Bertz CT molecular complexity index is 1500. The standard InChI is InChI=1S/C22H31NO3.C22H29NO2.ClH/c1-3-23(4-2)17-11-12-18-26-21(24)22(25,19-13-7-5-8-14-19)20-15-9-6-10-16-20;1-5-21(24)25-22(18(2)17-23(3)4,20-14-10-7-11-15-20)16-19-12-8-6-9-13-19;/h5,7-8,13-14,20,25H,3-4,6,9-10,15-18H2,1-2H3;6-15,18H,5,16-17H2,1-4H3;1H/t;18-,22+;/m.1./s1. The number of carbonyl (C=O) groups excluding carboxylic acids is 2. The Labute approximate surface area is 319 Å². The number of ether oxygens (including phenoxy) is 2. The van der Waals surface area contributed by atoms with Gasteiger partial charge in [-0.3, -0.25) is 9.69 Å². The van der Waals surface area contributed by atoms with Crippen molar-refractivity contribution in [2.45, 2.75) is 83.8 Å². The lowest BCUT2D eigenvalue weighted by Gasteiger charge is -2.40. The summed E-state index contributed by atoms with van der Waals surface area (Å²) in [5.41, 5.74) is 0.575. The average Bonchev–Trinajstić information content (AvgIpc) is 3.16. The van der Waals surface area contributed by atoms with Crippen molar-refractivity contribution in [2.75, 3.05) is 46.9 Å². The molecular formula is C44H61ClN2O5. The molecule has 3 aromatic rings. The monoisotopic (exact) mass is 732 g/mol. The molecule has 7 nitrogen and oxygen atoms in total. The number of hydrogen-bond donors (Lipinski definition) is 1. The zero-order chi connectivity index (χ0) is 37.1. The maximum atomic E-state index is 12.8. The molecule has 1 aliphatic carbocycles. The maximum Gasteiger partial charge on any atom is 0.344 e. The maximum absolute atomic E-state index is 12.8. The summed E-state index contributed by atoms with van der Waals surface area (Å²) in [6.07, 6.45) is 5.96. The fraction of sp³-hybridized carbons (Fsp3) is 0.500. The summed E-state index contributed by atoms with van der Waals surface area (Å²) in [6.45, 7) is 11.6. The van der Waals surface area contributed by atoms with Gasteiger partial charge in [0.15, 0.2) is 12.2 Å². The van der Waals surface area contributed by atoms with E-state index in [2.05, 4.69) is 80.8 Å². The topological polar surface area (TPSA) is 79.3 Å². The summed E-state index contributed by atoms with van der Waals surface area (Å²) in [6, 6.07) is 29.6. The van der Waals surface area contributed by atoms with Crippen LogP contribution in [0.2, 0.25) is 0 Å². The van der Waals surface area contributed by atoms with Crippen LogP contribution >= 0.6 is 12.4 Å². The van der Waals surface area contributed by atoms with Gasteiger partial charge in [-0.25, -0.2) is 4.79 Å². The second-order valence-electron chi connectivity index (χ2n) is 13.8. The SMILES string of the molecule is CCC(=O)O[C@](Cc1ccccc1)(c1ccccc1)[C@H](C)CN(C)C.CCN(CC)CC#CCOC(=O)C(O)(c1ccccc1)C1CCCCC1.Cl. The van der Waals surface area contributed by atoms with Crippen LogP contribution in [0.5, 0.6) is 0 Å². The van der Waals surface area contributed by atoms with Gasteiger partial charge in [-0.15, -0.1) is 12.4 Å². The molecule has 1 aliphatic rings. The molecular weight excluding hydrogens is 672 g/mol. The van der Waals surface area contributed by atoms with Crippen molar-refractivity contribution in [3.05, 3.63) is 108 Å². The Balaban J connectivity index is 0.000000354. The van der Waals surface area contributed by atoms with Gasteiger partial charge in [0.25, 0.3) is 0 Å². The zero-order valence-corrected chi connectivity index (χ0v) is 33.0. The minimum Gasteiger partial charge on any atom is -0.453 e. The molecule has 1 N–H and O–H groups in total. The second kappa shape index (κ2) is 23.1. The summed E-state index contributed by atoms with van der Waals surface area (Å²) in [7, 11) is 4.10. The lowest BCUT2D eigenvalue weighted by molar-refractivity contribution is -0.174. The largest absolute Gasteiger partial charge is 0.453 e. The minimum absolute atomic E-state index is 0. The number of hydrogen-bond acceptors (Lipinski definition) is 7. The van der Waals surface area contributed by atoms with E-state index in [9.17, 15) is 14.7 Å². The van der Waals surface area contributed by atoms with E-state index in [0.29, 0.717) is 24.9 Å². The number of esters is 2. The Morgan fingerprint density at radius 3 is 1.88 bits per heavy atom. The molecule has 1 fully saturated rings. The van der Waals surface area contributed by atoms with Crippen molar-refractivity contribution < 1.29 is 24.2 Å². The van der Waals surface area contributed by atoms with E-state index in [0.717, 1.165) is 57.3 Å². The lowest BCUT2D eigenvalue weighted by atomic mass is 9.73. The van der Waals surface area contributed by atoms with E-state index in [-0.39, 0.29) is 36.8 Å². The van der Waals surface area contributed by atoms with Crippen LogP contribution in [0, 0.1) is 23.7 Å². The number of rotatable bonds is 15. The van der Waals surface area contributed by atoms with Crippen LogP contribution in [0.3, 0.4) is 0 Å². The van der Waals surface area contributed by atoms with Crippen LogP contribution in [-0.4, -0.2) is 73.7 Å². The van der Waals surface area contributed by atoms with E-state index in [1.807, 2.05) is 73.7 Å². The molecule has 52 heavy (non-hydrogen) atoms. The molecule has 3 atom stereocenters. The second-order valence-corrected chi connectivity index (χ2v) is 13.8. The molecule has 0 aliphatic heterocycles. The van der Waals surface area contributed by atoms with Gasteiger partial charge in [0.05, 0.1) is 6.54 Å². The van der Waals surface area contributed by atoms with Crippen LogP contribution in [-0.2, 0) is 36.7 Å². The first-order chi connectivity index (χ1) is 24.6. The summed E-state index contributed by atoms with van der Waals surface area (Å²) in [5.74, 6) is 5.23. The van der Waals surface area contributed by atoms with E-state index in [1.54, 1.807) is 0 Å². The highest BCUT2D eigenvalue weighted by atomic mass is 35.5. The zero-order valence-electron chi connectivity index (χ0n) is 32.2. The fourth-order valence-corrected chi connectivity index (χ4v) is 6.96. The predicted octanol–water partition coefficient (Wildman–Crippen LogP) is 8.04. The van der Waals surface area contributed by atoms with Crippen molar-refractivity contribution in [1.29, 1.82) is 0 Å². The van der Waals surface area contributed by atoms with Crippen LogP contribution in [0.25, 0.3) is 0 Å².